The number of hydrogen-bond acceptors (Lipinski definition) is 3. The van der Waals surface area contributed by atoms with Crippen molar-refractivity contribution < 1.29 is 12.3 Å². The van der Waals surface area contributed by atoms with E-state index in [-0.39, 0.29) is 6.42 Å². The van der Waals surface area contributed by atoms with Crippen molar-refractivity contribution in [2.24, 2.45) is 5.73 Å². The van der Waals surface area contributed by atoms with Crippen molar-refractivity contribution in [2.45, 2.75) is 32.2 Å². The molecule has 0 saturated heterocycles. The molecule has 0 amide bonds. The Morgan fingerprint density at radius 2 is 1.91 bits per heavy atom. The zero-order valence-corrected chi connectivity index (χ0v) is 7.62. The Bertz CT molecular complexity index is 205. The summed E-state index contributed by atoms with van der Waals surface area (Å²) in [4.78, 5) is 0. The van der Waals surface area contributed by atoms with Crippen molar-refractivity contribution in [1.82, 2.24) is 0 Å². The fraction of sp³-hybridized carbons (Fsp3) is 1.00. The van der Waals surface area contributed by atoms with Gasteiger partial charge >= 0.3 is 10.2 Å². The van der Waals surface area contributed by atoms with E-state index in [1.165, 1.54) is 0 Å². The predicted molar refractivity (Wildman–Crippen MR) is 42.4 cm³/mol. The van der Waals surface area contributed by atoms with Gasteiger partial charge in [-0.3, -0.25) is 0 Å². The fourth-order valence-corrected chi connectivity index (χ4v) is 1.19. The molecule has 0 unspecified atom stereocenters. The van der Waals surface area contributed by atoms with Gasteiger partial charge in [-0.25, -0.2) is 0 Å². The molecule has 0 aromatic carbocycles. The lowest BCUT2D eigenvalue weighted by Gasteiger charge is -2.16. The van der Waals surface area contributed by atoms with Crippen LogP contribution < -0.4 is 5.73 Å². The zero-order valence-electron chi connectivity index (χ0n) is 6.80. The Kier molecular flexibility index (Phi) is 3.44. The Balaban J connectivity index is 3.61. The van der Waals surface area contributed by atoms with Crippen molar-refractivity contribution >= 4 is 10.2 Å². The van der Waals surface area contributed by atoms with Gasteiger partial charge in [0.25, 0.3) is 0 Å². The van der Waals surface area contributed by atoms with Gasteiger partial charge in [0, 0.05) is 5.54 Å². The van der Waals surface area contributed by atoms with Gasteiger partial charge in [-0.05, 0) is 26.7 Å². The first-order chi connectivity index (χ1) is 4.71. The molecule has 0 aliphatic carbocycles. The summed E-state index contributed by atoms with van der Waals surface area (Å²) in [6.45, 7) is 3.55. The third-order valence-electron chi connectivity index (χ3n) is 1.21. The topological polar surface area (TPSA) is 60.2 Å². The van der Waals surface area contributed by atoms with Crippen LogP contribution in [0.3, 0.4) is 0 Å². The molecule has 0 fully saturated rings. The van der Waals surface area contributed by atoms with Crippen molar-refractivity contribution in [2.75, 3.05) is 5.75 Å². The standard InChI is InChI=1S/C6H14FNO2S/c1-6(2,8)4-3-5-11(7,9)10/h3-5,8H2,1-2H3. The highest BCUT2D eigenvalue weighted by atomic mass is 32.3. The molecule has 0 aromatic rings. The molecule has 5 heteroatoms. The second-order valence-electron chi connectivity index (χ2n) is 3.34. The van der Waals surface area contributed by atoms with Crippen LogP contribution in [0.1, 0.15) is 26.7 Å². The highest BCUT2D eigenvalue weighted by Gasteiger charge is 2.13. The maximum Gasteiger partial charge on any atom is 0.302 e. The minimum atomic E-state index is -4.30. The van der Waals surface area contributed by atoms with Gasteiger partial charge in [-0.15, -0.1) is 3.89 Å². The molecule has 2 N–H and O–H groups in total. The molecular formula is C6H14FNO2S. The SMILES string of the molecule is CC(C)(N)CCCS(=O)(=O)F. The van der Waals surface area contributed by atoms with Crippen LogP contribution in [0.4, 0.5) is 3.89 Å². The van der Waals surface area contributed by atoms with E-state index in [9.17, 15) is 12.3 Å². The molecule has 0 bridgehead atoms. The summed E-state index contributed by atoms with van der Waals surface area (Å²) in [5, 5.41) is 0. The van der Waals surface area contributed by atoms with Crippen LogP contribution in [-0.2, 0) is 10.2 Å². The first-order valence-electron chi connectivity index (χ1n) is 3.42. The quantitative estimate of drug-likeness (QED) is 0.656. The Hall–Kier alpha value is -0.160. The second kappa shape index (κ2) is 3.49. The van der Waals surface area contributed by atoms with Crippen LogP contribution in [0.5, 0.6) is 0 Å². The van der Waals surface area contributed by atoms with E-state index in [2.05, 4.69) is 0 Å². The van der Waals surface area contributed by atoms with Gasteiger partial charge in [0.2, 0.25) is 0 Å². The van der Waals surface area contributed by atoms with Gasteiger partial charge in [-0.1, -0.05) is 0 Å². The van der Waals surface area contributed by atoms with E-state index in [4.69, 9.17) is 5.73 Å². The lowest BCUT2D eigenvalue weighted by atomic mass is 10.0. The van der Waals surface area contributed by atoms with Crippen molar-refractivity contribution in [3.8, 4) is 0 Å². The second-order valence-corrected chi connectivity index (χ2v) is 4.82. The largest absolute Gasteiger partial charge is 0.326 e. The fourth-order valence-electron chi connectivity index (χ4n) is 0.700. The van der Waals surface area contributed by atoms with Crippen molar-refractivity contribution in [3.63, 3.8) is 0 Å². The van der Waals surface area contributed by atoms with Crippen molar-refractivity contribution in [3.05, 3.63) is 0 Å². The molecule has 0 spiro atoms. The third-order valence-corrected chi connectivity index (χ3v) is 1.99. The number of halogens is 1. The van der Waals surface area contributed by atoms with Gasteiger partial charge < -0.3 is 5.73 Å². The number of hydrogen-bond donors (Lipinski definition) is 1. The maximum atomic E-state index is 11.9. The molecule has 0 aliphatic heterocycles. The van der Waals surface area contributed by atoms with E-state index in [0.717, 1.165) is 0 Å². The average molecular weight is 183 g/mol. The predicted octanol–water partition coefficient (Wildman–Crippen LogP) is 0.803. The molecule has 0 aliphatic rings. The summed E-state index contributed by atoms with van der Waals surface area (Å²) in [5.74, 6) is -0.423. The summed E-state index contributed by atoms with van der Waals surface area (Å²) in [6, 6.07) is 0. The highest BCUT2D eigenvalue weighted by Crippen LogP contribution is 2.08. The molecule has 11 heavy (non-hydrogen) atoms. The minimum Gasteiger partial charge on any atom is -0.326 e. The Morgan fingerprint density at radius 1 is 1.45 bits per heavy atom. The molecule has 68 valence electrons. The lowest BCUT2D eigenvalue weighted by Crippen LogP contribution is -2.32. The Labute approximate surface area is 67.0 Å². The van der Waals surface area contributed by atoms with E-state index < -0.39 is 21.5 Å². The molecule has 0 rings (SSSR count). The molecule has 3 nitrogen and oxygen atoms in total. The van der Waals surface area contributed by atoms with Crippen LogP contribution in [0.15, 0.2) is 0 Å². The summed E-state index contributed by atoms with van der Waals surface area (Å²) in [6.07, 6.45) is 0.790. The third kappa shape index (κ3) is 9.84. The molecule has 0 atom stereocenters. The summed E-state index contributed by atoms with van der Waals surface area (Å²) in [7, 11) is -4.30. The van der Waals surface area contributed by atoms with Crippen LogP contribution in [-0.4, -0.2) is 19.7 Å². The summed E-state index contributed by atoms with van der Waals surface area (Å²) >= 11 is 0. The van der Waals surface area contributed by atoms with Gasteiger partial charge in [0.15, 0.2) is 0 Å². The molecule has 0 radical (unpaired) electrons. The van der Waals surface area contributed by atoms with E-state index in [1.807, 2.05) is 0 Å². The van der Waals surface area contributed by atoms with Crippen LogP contribution in [0.25, 0.3) is 0 Å². The number of nitrogens with two attached hydrogens (primary N) is 1. The summed E-state index contributed by atoms with van der Waals surface area (Å²) < 4.78 is 31.9. The van der Waals surface area contributed by atoms with Crippen LogP contribution >= 0.6 is 0 Å². The molecular weight excluding hydrogens is 169 g/mol. The molecule has 0 saturated carbocycles. The monoisotopic (exact) mass is 183 g/mol. The van der Waals surface area contributed by atoms with E-state index >= 15 is 0 Å². The Morgan fingerprint density at radius 3 is 2.18 bits per heavy atom. The normalized spacial score (nSPS) is 13.5. The first-order valence-corrected chi connectivity index (χ1v) is 4.97. The van der Waals surface area contributed by atoms with Crippen LogP contribution in [0, 0.1) is 0 Å². The van der Waals surface area contributed by atoms with Gasteiger partial charge in [0.1, 0.15) is 0 Å². The smallest absolute Gasteiger partial charge is 0.302 e. The minimum absolute atomic E-state index is 0.280. The highest BCUT2D eigenvalue weighted by molar-refractivity contribution is 7.86. The van der Waals surface area contributed by atoms with E-state index in [0.29, 0.717) is 6.42 Å². The van der Waals surface area contributed by atoms with Crippen molar-refractivity contribution in [1.29, 1.82) is 0 Å². The van der Waals surface area contributed by atoms with E-state index in [1.54, 1.807) is 13.8 Å². The number of rotatable bonds is 4. The lowest BCUT2D eigenvalue weighted by molar-refractivity contribution is 0.466. The molecule has 0 heterocycles. The summed E-state index contributed by atoms with van der Waals surface area (Å²) in [5.41, 5.74) is 5.14. The van der Waals surface area contributed by atoms with Gasteiger partial charge in [-0.2, -0.15) is 8.42 Å². The van der Waals surface area contributed by atoms with Crippen LogP contribution in [0.2, 0.25) is 0 Å². The molecule has 0 aromatic heterocycles. The maximum absolute atomic E-state index is 11.9. The average Bonchev–Trinajstić information content (AvgIpc) is 1.55. The zero-order chi connectivity index (χ0) is 9.12. The first kappa shape index (κ1) is 10.8. The van der Waals surface area contributed by atoms with Gasteiger partial charge in [0.05, 0.1) is 5.75 Å².